The number of rotatable bonds is 12. The van der Waals surface area contributed by atoms with Crippen molar-refractivity contribution in [3.8, 4) is 5.75 Å². The third kappa shape index (κ3) is 8.99. The second-order valence-electron chi connectivity index (χ2n) is 10.2. The van der Waals surface area contributed by atoms with Crippen molar-refractivity contribution in [1.29, 1.82) is 0 Å². The predicted octanol–water partition coefficient (Wildman–Crippen LogP) is 7.67. The highest BCUT2D eigenvalue weighted by Gasteiger charge is 2.31. The fourth-order valence-electron chi connectivity index (χ4n) is 4.05. The first-order valence-electron chi connectivity index (χ1n) is 13.0. The first-order chi connectivity index (χ1) is 18.6. The van der Waals surface area contributed by atoms with E-state index in [9.17, 15) is 9.59 Å². The maximum atomic E-state index is 13.8. The molecule has 0 unspecified atom stereocenters. The van der Waals surface area contributed by atoms with Crippen LogP contribution in [0.1, 0.15) is 50.3 Å². The number of amides is 2. The van der Waals surface area contributed by atoms with E-state index >= 15 is 0 Å². The molecule has 0 aliphatic heterocycles. The smallest absolute Gasteiger partial charge is 0.261 e. The molecule has 1 atom stereocenters. The number of hydrogen-bond donors (Lipinski definition) is 1. The molecule has 2 amide bonds. The molecule has 0 fully saturated rings. The molecule has 3 aromatic rings. The summed E-state index contributed by atoms with van der Waals surface area (Å²) in [6.07, 6.45) is 0.325. The van der Waals surface area contributed by atoms with E-state index in [0.717, 1.165) is 15.6 Å². The predicted molar refractivity (Wildman–Crippen MR) is 163 cm³/mol. The lowest BCUT2D eigenvalue weighted by molar-refractivity contribution is -0.142. The highest BCUT2D eigenvalue weighted by Crippen LogP contribution is 2.30. The SMILES string of the molecule is CC(C)CNC(=O)[C@@H](Cc1ccccc1)N(Cc1c(Cl)cccc1Cl)C(=O)COc1ccc(C(C)C)cc1Br. The van der Waals surface area contributed by atoms with Gasteiger partial charge in [-0.25, -0.2) is 0 Å². The summed E-state index contributed by atoms with van der Waals surface area (Å²) in [5.41, 5.74) is 2.66. The van der Waals surface area contributed by atoms with E-state index in [1.807, 2.05) is 62.4 Å². The summed E-state index contributed by atoms with van der Waals surface area (Å²) < 4.78 is 6.72. The van der Waals surface area contributed by atoms with Crippen LogP contribution in [0.4, 0.5) is 0 Å². The average Bonchev–Trinajstić information content (AvgIpc) is 2.90. The third-order valence-corrected chi connectivity index (χ3v) is 7.65. The first-order valence-corrected chi connectivity index (χ1v) is 14.6. The molecule has 0 aliphatic carbocycles. The fourth-order valence-corrected chi connectivity index (χ4v) is 5.07. The Bertz CT molecular complexity index is 1250. The van der Waals surface area contributed by atoms with Gasteiger partial charge in [-0.15, -0.1) is 0 Å². The summed E-state index contributed by atoms with van der Waals surface area (Å²) in [4.78, 5) is 28.9. The van der Waals surface area contributed by atoms with Crippen molar-refractivity contribution in [2.45, 2.75) is 52.6 Å². The zero-order chi connectivity index (χ0) is 28.5. The number of carbonyl (C=O) groups excluding carboxylic acids is 2. The number of benzene rings is 3. The molecule has 1 N–H and O–H groups in total. The summed E-state index contributed by atoms with van der Waals surface area (Å²) >= 11 is 16.6. The first kappa shape index (κ1) is 31.0. The van der Waals surface area contributed by atoms with E-state index < -0.39 is 6.04 Å². The molecular formula is C31H35BrCl2N2O3. The summed E-state index contributed by atoms with van der Waals surface area (Å²) in [6.45, 7) is 8.56. The van der Waals surface area contributed by atoms with Crippen molar-refractivity contribution in [3.63, 3.8) is 0 Å². The second-order valence-corrected chi connectivity index (χ2v) is 11.9. The summed E-state index contributed by atoms with van der Waals surface area (Å²) in [7, 11) is 0. The van der Waals surface area contributed by atoms with Crippen molar-refractivity contribution < 1.29 is 14.3 Å². The molecule has 3 rings (SSSR count). The molecule has 0 radical (unpaired) electrons. The zero-order valence-electron chi connectivity index (χ0n) is 22.7. The van der Waals surface area contributed by atoms with Gasteiger partial charge in [-0.05, 0) is 63.2 Å². The highest BCUT2D eigenvalue weighted by molar-refractivity contribution is 9.10. The number of ether oxygens (including phenoxy) is 1. The largest absolute Gasteiger partial charge is 0.483 e. The van der Waals surface area contributed by atoms with Crippen molar-refractivity contribution in [1.82, 2.24) is 10.2 Å². The Morgan fingerprint density at radius 1 is 0.949 bits per heavy atom. The van der Waals surface area contributed by atoms with Crippen LogP contribution in [-0.4, -0.2) is 35.9 Å². The molecule has 8 heteroatoms. The Kier molecular flexibility index (Phi) is 11.7. The zero-order valence-corrected chi connectivity index (χ0v) is 25.8. The van der Waals surface area contributed by atoms with Crippen LogP contribution in [0.3, 0.4) is 0 Å². The number of nitrogens with zero attached hydrogens (tertiary/aromatic N) is 1. The Balaban J connectivity index is 1.95. The van der Waals surface area contributed by atoms with Crippen molar-refractivity contribution in [2.24, 2.45) is 5.92 Å². The van der Waals surface area contributed by atoms with Crippen LogP contribution in [0.15, 0.2) is 71.2 Å². The molecule has 39 heavy (non-hydrogen) atoms. The lowest BCUT2D eigenvalue weighted by Crippen LogP contribution is -2.52. The van der Waals surface area contributed by atoms with E-state index in [0.29, 0.717) is 40.2 Å². The minimum Gasteiger partial charge on any atom is -0.483 e. The number of nitrogens with one attached hydrogen (secondary N) is 1. The molecule has 5 nitrogen and oxygen atoms in total. The van der Waals surface area contributed by atoms with Gasteiger partial charge in [0.15, 0.2) is 6.61 Å². The fraction of sp³-hybridized carbons (Fsp3) is 0.355. The number of halogens is 3. The van der Waals surface area contributed by atoms with Crippen molar-refractivity contribution in [2.75, 3.05) is 13.2 Å². The van der Waals surface area contributed by atoms with Gasteiger partial charge in [0.05, 0.1) is 4.47 Å². The summed E-state index contributed by atoms with van der Waals surface area (Å²) in [5, 5.41) is 3.86. The third-order valence-electron chi connectivity index (χ3n) is 6.32. The van der Waals surface area contributed by atoms with Gasteiger partial charge >= 0.3 is 0 Å². The second kappa shape index (κ2) is 14.7. The Morgan fingerprint density at radius 3 is 2.21 bits per heavy atom. The van der Waals surface area contributed by atoms with Crippen LogP contribution < -0.4 is 10.1 Å². The van der Waals surface area contributed by atoms with E-state index in [4.69, 9.17) is 27.9 Å². The van der Waals surface area contributed by atoms with Crippen LogP contribution >= 0.6 is 39.1 Å². The maximum absolute atomic E-state index is 13.8. The highest BCUT2D eigenvalue weighted by atomic mass is 79.9. The molecule has 208 valence electrons. The van der Waals surface area contributed by atoms with Crippen molar-refractivity contribution >= 4 is 50.9 Å². The quantitative estimate of drug-likeness (QED) is 0.223. The van der Waals surface area contributed by atoms with Gasteiger partial charge in [0, 0.05) is 35.1 Å². The Morgan fingerprint density at radius 2 is 1.62 bits per heavy atom. The molecule has 0 bridgehead atoms. The molecule has 0 aromatic heterocycles. The normalized spacial score (nSPS) is 11.9. The van der Waals surface area contributed by atoms with Crippen LogP contribution in [0.5, 0.6) is 5.75 Å². The summed E-state index contributed by atoms with van der Waals surface area (Å²) in [6, 6.07) is 19.8. The van der Waals surface area contributed by atoms with Gasteiger partial charge in [-0.2, -0.15) is 0 Å². The topological polar surface area (TPSA) is 58.6 Å². The van der Waals surface area contributed by atoms with Gasteiger partial charge < -0.3 is 15.0 Å². The monoisotopic (exact) mass is 632 g/mol. The average molecular weight is 634 g/mol. The molecule has 3 aromatic carbocycles. The molecular weight excluding hydrogens is 599 g/mol. The minimum absolute atomic E-state index is 0.0563. The Labute approximate surface area is 250 Å². The lowest BCUT2D eigenvalue weighted by atomic mass is 10.0. The van der Waals surface area contributed by atoms with Crippen LogP contribution in [0, 0.1) is 5.92 Å². The molecule has 0 spiro atoms. The Hall–Kier alpha value is -2.54. The van der Waals surface area contributed by atoms with E-state index in [1.54, 1.807) is 18.2 Å². The van der Waals surface area contributed by atoms with Gasteiger partial charge in [-0.1, -0.05) is 93.4 Å². The van der Waals surface area contributed by atoms with Gasteiger partial charge in [0.2, 0.25) is 5.91 Å². The molecule has 0 saturated carbocycles. The number of hydrogen-bond acceptors (Lipinski definition) is 3. The number of carbonyl (C=O) groups is 2. The van der Waals surface area contributed by atoms with E-state index in [1.165, 1.54) is 4.90 Å². The van der Waals surface area contributed by atoms with E-state index in [-0.39, 0.29) is 30.9 Å². The van der Waals surface area contributed by atoms with Gasteiger partial charge in [0.1, 0.15) is 11.8 Å². The summed E-state index contributed by atoms with van der Waals surface area (Å²) in [5.74, 6) is 0.560. The van der Waals surface area contributed by atoms with Crippen LogP contribution in [0.2, 0.25) is 10.0 Å². The standard InChI is InChI=1S/C31H35BrCl2N2O3/c1-20(2)17-35-31(38)28(15-22-9-6-5-7-10-22)36(18-24-26(33)11-8-12-27(24)34)30(37)19-39-29-14-13-23(21(3)4)16-25(29)32/h5-14,16,20-21,28H,15,17-19H2,1-4H3,(H,35,38)/t28-/m1/s1. The van der Waals surface area contributed by atoms with Gasteiger partial charge in [-0.3, -0.25) is 9.59 Å². The van der Waals surface area contributed by atoms with Gasteiger partial charge in [0.25, 0.3) is 5.91 Å². The van der Waals surface area contributed by atoms with E-state index in [2.05, 4.69) is 35.1 Å². The van der Waals surface area contributed by atoms with Crippen LogP contribution in [0.25, 0.3) is 0 Å². The molecule has 0 saturated heterocycles. The molecule has 0 heterocycles. The minimum atomic E-state index is -0.804. The maximum Gasteiger partial charge on any atom is 0.261 e. The van der Waals surface area contributed by atoms with Crippen molar-refractivity contribution in [3.05, 3.63) is 97.9 Å². The lowest BCUT2D eigenvalue weighted by Gasteiger charge is -2.32. The van der Waals surface area contributed by atoms with Crippen LogP contribution in [-0.2, 0) is 22.6 Å². The molecule has 0 aliphatic rings.